The van der Waals surface area contributed by atoms with Crippen LogP contribution in [0.25, 0.3) is 0 Å². The van der Waals surface area contributed by atoms with E-state index in [1.54, 1.807) is 11.1 Å². The van der Waals surface area contributed by atoms with Crippen LogP contribution >= 0.6 is 0 Å². The number of rotatable bonds is 6. The van der Waals surface area contributed by atoms with Gasteiger partial charge in [0.05, 0.1) is 0 Å². The largest absolute Gasteiger partial charge is 0.330 e. The third kappa shape index (κ3) is 3.87. The summed E-state index contributed by atoms with van der Waals surface area (Å²) < 4.78 is 0. The molecule has 1 aliphatic carbocycles. The Balaban J connectivity index is 2.27. The first-order valence-electron chi connectivity index (χ1n) is 8.51. The van der Waals surface area contributed by atoms with Crippen LogP contribution < -0.4 is 5.73 Å². The third-order valence-corrected chi connectivity index (χ3v) is 4.89. The van der Waals surface area contributed by atoms with Crippen molar-refractivity contribution >= 4 is 0 Å². The van der Waals surface area contributed by atoms with Gasteiger partial charge in [-0.25, -0.2) is 0 Å². The highest BCUT2D eigenvalue weighted by atomic mass is 15.2. The zero-order valence-corrected chi connectivity index (χ0v) is 14.2. The Hall–Kier alpha value is -0.860. The first kappa shape index (κ1) is 16.5. The molecule has 0 amide bonds. The molecule has 2 N–H and O–H groups in total. The minimum Gasteiger partial charge on any atom is -0.330 e. The molecule has 0 saturated carbocycles. The molecule has 2 unspecified atom stereocenters. The van der Waals surface area contributed by atoms with Crippen molar-refractivity contribution in [2.24, 2.45) is 11.1 Å². The molecule has 0 aliphatic heterocycles. The van der Waals surface area contributed by atoms with Crippen LogP contribution in [0.1, 0.15) is 70.0 Å². The molecular formula is C19H32N2. The fourth-order valence-corrected chi connectivity index (χ4v) is 3.61. The quantitative estimate of drug-likeness (QED) is 0.844. The molecule has 0 fully saturated rings. The molecule has 0 radical (unpaired) electrons. The van der Waals surface area contributed by atoms with Gasteiger partial charge in [-0.3, -0.25) is 4.90 Å². The Kier molecular flexibility index (Phi) is 5.45. The average Bonchev–Trinajstić information content (AvgIpc) is 2.47. The van der Waals surface area contributed by atoms with Crippen molar-refractivity contribution in [3.05, 3.63) is 35.4 Å². The van der Waals surface area contributed by atoms with E-state index in [1.165, 1.54) is 19.3 Å². The summed E-state index contributed by atoms with van der Waals surface area (Å²) in [6.45, 7) is 12.2. The van der Waals surface area contributed by atoms with E-state index in [1.807, 2.05) is 0 Å². The maximum Gasteiger partial charge on any atom is 0.0351 e. The molecule has 2 atom stereocenters. The summed E-state index contributed by atoms with van der Waals surface area (Å²) in [5.41, 5.74) is 9.27. The second-order valence-electron chi connectivity index (χ2n) is 7.46. The summed E-state index contributed by atoms with van der Waals surface area (Å²) in [7, 11) is 0. The van der Waals surface area contributed by atoms with E-state index in [2.05, 4.69) is 56.9 Å². The summed E-state index contributed by atoms with van der Waals surface area (Å²) in [5, 5.41) is 0. The van der Waals surface area contributed by atoms with E-state index in [4.69, 9.17) is 5.73 Å². The molecule has 0 saturated heterocycles. The van der Waals surface area contributed by atoms with Crippen molar-refractivity contribution in [1.29, 1.82) is 0 Å². The molecule has 1 aromatic carbocycles. The van der Waals surface area contributed by atoms with Gasteiger partial charge >= 0.3 is 0 Å². The molecule has 118 valence electrons. The number of benzene rings is 1. The van der Waals surface area contributed by atoms with Gasteiger partial charge in [-0.15, -0.1) is 0 Å². The van der Waals surface area contributed by atoms with Gasteiger partial charge in [0.25, 0.3) is 0 Å². The van der Waals surface area contributed by atoms with Crippen molar-refractivity contribution < 1.29 is 0 Å². The summed E-state index contributed by atoms with van der Waals surface area (Å²) in [4.78, 5) is 2.68. The Morgan fingerprint density at radius 2 is 1.86 bits per heavy atom. The van der Waals surface area contributed by atoms with Gasteiger partial charge in [0, 0.05) is 12.6 Å². The second-order valence-corrected chi connectivity index (χ2v) is 7.46. The van der Waals surface area contributed by atoms with Gasteiger partial charge in [0.1, 0.15) is 0 Å². The highest BCUT2D eigenvalue weighted by Gasteiger charge is 2.31. The number of hydrogen-bond acceptors (Lipinski definition) is 2. The Morgan fingerprint density at radius 1 is 1.19 bits per heavy atom. The molecule has 21 heavy (non-hydrogen) atoms. The lowest BCUT2D eigenvalue weighted by Crippen LogP contribution is -2.42. The maximum absolute atomic E-state index is 5.97. The van der Waals surface area contributed by atoms with Crippen molar-refractivity contribution in [1.82, 2.24) is 4.90 Å². The van der Waals surface area contributed by atoms with E-state index in [9.17, 15) is 0 Å². The molecule has 1 aliphatic rings. The molecule has 0 spiro atoms. The minimum absolute atomic E-state index is 0.188. The highest BCUT2D eigenvalue weighted by Crippen LogP contribution is 2.41. The summed E-state index contributed by atoms with van der Waals surface area (Å²) in [6.07, 6.45) is 3.78. The van der Waals surface area contributed by atoms with Crippen molar-refractivity contribution in [2.45, 2.75) is 58.9 Å². The van der Waals surface area contributed by atoms with E-state index in [0.717, 1.165) is 19.6 Å². The number of hydrogen-bond donors (Lipinski definition) is 1. The molecule has 0 heterocycles. The fourth-order valence-electron chi connectivity index (χ4n) is 3.61. The van der Waals surface area contributed by atoms with Crippen LogP contribution in [-0.4, -0.2) is 24.5 Å². The van der Waals surface area contributed by atoms with Crippen LogP contribution in [0.3, 0.4) is 0 Å². The fraction of sp³-hybridized carbons (Fsp3) is 0.684. The van der Waals surface area contributed by atoms with Crippen LogP contribution in [-0.2, 0) is 0 Å². The van der Waals surface area contributed by atoms with Crippen molar-refractivity contribution in [3.8, 4) is 0 Å². The summed E-state index contributed by atoms with van der Waals surface area (Å²) in [6, 6.07) is 9.62. The van der Waals surface area contributed by atoms with Crippen LogP contribution in [0.4, 0.5) is 0 Å². The highest BCUT2D eigenvalue weighted by molar-refractivity contribution is 5.35. The first-order valence-corrected chi connectivity index (χ1v) is 8.51. The van der Waals surface area contributed by atoms with Gasteiger partial charge < -0.3 is 5.73 Å². The lowest BCUT2D eigenvalue weighted by molar-refractivity contribution is 0.118. The smallest absolute Gasteiger partial charge is 0.0351 e. The van der Waals surface area contributed by atoms with Crippen LogP contribution in [0.2, 0.25) is 0 Å². The molecular weight excluding hydrogens is 256 g/mol. The van der Waals surface area contributed by atoms with Gasteiger partial charge in [-0.05, 0) is 54.8 Å². The predicted molar refractivity (Wildman–Crippen MR) is 91.5 cm³/mol. The summed E-state index contributed by atoms with van der Waals surface area (Å²) in [5.74, 6) is 0.698. The Bertz CT molecular complexity index is 453. The summed E-state index contributed by atoms with van der Waals surface area (Å²) >= 11 is 0. The zero-order valence-electron chi connectivity index (χ0n) is 14.2. The maximum atomic E-state index is 5.97. The standard InChI is InChI=1S/C19H32N2/c1-5-12-21(14-19(3,4)13-20)18-11-10-15(2)16-8-6-7-9-17(16)18/h6-9,15,18H,5,10-14,20H2,1-4H3. The number of nitrogens with two attached hydrogens (primary N) is 1. The van der Waals surface area contributed by atoms with E-state index in [-0.39, 0.29) is 5.41 Å². The van der Waals surface area contributed by atoms with Gasteiger partial charge in [-0.2, -0.15) is 0 Å². The van der Waals surface area contributed by atoms with Crippen LogP contribution in [0.15, 0.2) is 24.3 Å². The predicted octanol–water partition coefficient (Wildman–Crippen LogP) is 4.32. The lowest BCUT2D eigenvalue weighted by atomic mass is 9.79. The average molecular weight is 288 g/mol. The SMILES string of the molecule is CCCN(CC(C)(C)CN)C1CCC(C)c2ccccc21. The Labute approximate surface area is 130 Å². The molecule has 0 aromatic heterocycles. The number of fused-ring (bicyclic) bond motifs is 1. The van der Waals surface area contributed by atoms with E-state index >= 15 is 0 Å². The monoisotopic (exact) mass is 288 g/mol. The Morgan fingerprint density at radius 3 is 2.48 bits per heavy atom. The molecule has 2 nitrogen and oxygen atoms in total. The topological polar surface area (TPSA) is 29.3 Å². The molecule has 0 bridgehead atoms. The number of nitrogens with zero attached hydrogens (tertiary/aromatic N) is 1. The molecule has 2 heteroatoms. The van der Waals surface area contributed by atoms with Crippen molar-refractivity contribution in [2.75, 3.05) is 19.6 Å². The lowest BCUT2D eigenvalue weighted by Gasteiger charge is -2.41. The third-order valence-electron chi connectivity index (χ3n) is 4.89. The first-order chi connectivity index (χ1) is 9.98. The van der Waals surface area contributed by atoms with Gasteiger partial charge in [0.2, 0.25) is 0 Å². The van der Waals surface area contributed by atoms with Crippen molar-refractivity contribution in [3.63, 3.8) is 0 Å². The van der Waals surface area contributed by atoms with Crippen LogP contribution in [0.5, 0.6) is 0 Å². The molecule has 1 aromatic rings. The minimum atomic E-state index is 0.188. The van der Waals surface area contributed by atoms with Gasteiger partial charge in [0.15, 0.2) is 0 Å². The molecule has 2 rings (SSSR count). The zero-order chi connectivity index (χ0) is 15.5. The van der Waals surface area contributed by atoms with Gasteiger partial charge in [-0.1, -0.05) is 52.0 Å². The van der Waals surface area contributed by atoms with E-state index in [0.29, 0.717) is 12.0 Å². The normalized spacial score (nSPS) is 22.4. The van der Waals surface area contributed by atoms with Crippen LogP contribution in [0, 0.1) is 5.41 Å². The second kappa shape index (κ2) is 6.93. The van der Waals surface area contributed by atoms with E-state index < -0.39 is 0 Å².